The quantitative estimate of drug-likeness (QED) is 0.660. The van der Waals surface area contributed by atoms with Crippen molar-refractivity contribution in [3.8, 4) is 0 Å². The zero-order valence-electron chi connectivity index (χ0n) is 6.03. The van der Waals surface area contributed by atoms with Crippen molar-refractivity contribution in [3.63, 3.8) is 0 Å². The van der Waals surface area contributed by atoms with Gasteiger partial charge >= 0.3 is 96.4 Å². The van der Waals surface area contributed by atoms with Crippen LogP contribution in [-0.2, 0) is 4.44 Å². The molecule has 66 valence electrons. The Hall–Kier alpha value is 1.37. The van der Waals surface area contributed by atoms with Gasteiger partial charge in [-0.15, -0.1) is 0 Å². The molecule has 12 heavy (non-hydrogen) atoms. The molecular formula is C7H6BrCl3Sn. The van der Waals surface area contributed by atoms with Crippen LogP contribution < -0.4 is 0 Å². The van der Waals surface area contributed by atoms with E-state index >= 15 is 0 Å². The van der Waals surface area contributed by atoms with E-state index in [0.29, 0.717) is 4.44 Å². The van der Waals surface area contributed by atoms with E-state index in [1.165, 1.54) is 0 Å². The number of rotatable bonds is 2. The van der Waals surface area contributed by atoms with Crippen molar-refractivity contribution in [1.82, 2.24) is 0 Å². The van der Waals surface area contributed by atoms with Gasteiger partial charge in [0.05, 0.1) is 0 Å². The molecule has 0 saturated heterocycles. The van der Waals surface area contributed by atoms with Gasteiger partial charge in [-0.05, 0) is 0 Å². The molecule has 0 aromatic heterocycles. The van der Waals surface area contributed by atoms with Gasteiger partial charge in [0.2, 0.25) is 0 Å². The summed E-state index contributed by atoms with van der Waals surface area (Å²) in [5.41, 5.74) is 1.11. The SMILES string of the molecule is [Cl][Sn]([Cl])([Cl])[CH2]c1ccc(Br)cc1. The Kier molecular flexibility index (Phi) is 4.52. The molecule has 0 aliphatic carbocycles. The molecule has 5 heteroatoms. The van der Waals surface area contributed by atoms with Crippen LogP contribution >= 0.6 is 42.7 Å². The van der Waals surface area contributed by atoms with E-state index in [1.54, 1.807) is 0 Å². The first-order valence-corrected chi connectivity index (χ1v) is 16.9. The first-order chi connectivity index (χ1) is 5.47. The molecule has 1 rings (SSSR count). The van der Waals surface area contributed by atoms with Gasteiger partial charge in [-0.1, -0.05) is 0 Å². The van der Waals surface area contributed by atoms with E-state index in [0.717, 1.165) is 10.0 Å². The Labute approximate surface area is 95.3 Å². The Balaban J connectivity index is 2.71. The molecule has 0 unspecified atom stereocenters. The topological polar surface area (TPSA) is 0 Å². The summed E-state index contributed by atoms with van der Waals surface area (Å²) in [6, 6.07) is 7.86. The Morgan fingerprint density at radius 3 is 2.00 bits per heavy atom. The molecule has 0 saturated carbocycles. The molecule has 0 aliphatic heterocycles. The van der Waals surface area contributed by atoms with Crippen LogP contribution in [0.1, 0.15) is 5.56 Å². The Morgan fingerprint density at radius 2 is 1.58 bits per heavy atom. The standard InChI is InChI=1S/C7H6Br.3ClH.Sn/c1-6-2-4-7(8)5-3-6;;;;/h2-5H,1H2;3*1H;/q;;;;+3/p-3. The molecule has 0 aliphatic rings. The molecule has 0 nitrogen and oxygen atoms in total. The second kappa shape index (κ2) is 4.74. The third-order valence-corrected chi connectivity index (χ3v) is 6.85. The summed E-state index contributed by atoms with van der Waals surface area (Å²) >= 11 is 0.157. The van der Waals surface area contributed by atoms with E-state index < -0.39 is 15.0 Å². The van der Waals surface area contributed by atoms with Crippen molar-refractivity contribution in [2.24, 2.45) is 0 Å². The van der Waals surface area contributed by atoms with Crippen LogP contribution in [0.15, 0.2) is 28.7 Å². The van der Waals surface area contributed by atoms with Crippen molar-refractivity contribution in [3.05, 3.63) is 34.3 Å². The predicted molar refractivity (Wildman–Crippen MR) is 61.2 cm³/mol. The average molecular weight is 395 g/mol. The molecule has 1 aromatic carbocycles. The molecule has 0 bridgehead atoms. The van der Waals surface area contributed by atoms with Gasteiger partial charge < -0.3 is 0 Å². The van der Waals surface area contributed by atoms with Crippen molar-refractivity contribution in [1.29, 1.82) is 0 Å². The monoisotopic (exact) mass is 394 g/mol. The summed E-state index contributed by atoms with van der Waals surface area (Å²) in [4.78, 5) is 0. The number of hydrogen-bond donors (Lipinski definition) is 0. The molecule has 0 radical (unpaired) electrons. The minimum absolute atomic E-state index is 0.645. The normalized spacial score (nSPS) is 11.7. The van der Waals surface area contributed by atoms with Crippen molar-refractivity contribution < 1.29 is 0 Å². The summed E-state index contributed by atoms with van der Waals surface area (Å²) in [5.74, 6) is 0. The third-order valence-electron chi connectivity index (χ3n) is 1.32. The summed E-state index contributed by atoms with van der Waals surface area (Å²) in [7, 11) is 17.5. The van der Waals surface area contributed by atoms with Crippen LogP contribution in [0.5, 0.6) is 0 Å². The van der Waals surface area contributed by atoms with Crippen LogP contribution in [0.4, 0.5) is 0 Å². The maximum absolute atomic E-state index is 5.84. The number of hydrogen-bond acceptors (Lipinski definition) is 0. The molecule has 0 spiro atoms. The average Bonchev–Trinajstić information content (AvgIpc) is 1.91. The molecule has 0 heterocycles. The fourth-order valence-corrected chi connectivity index (χ4v) is 6.20. The van der Waals surface area contributed by atoms with E-state index in [9.17, 15) is 0 Å². The summed E-state index contributed by atoms with van der Waals surface area (Å²) < 4.78 is 1.69. The van der Waals surface area contributed by atoms with Crippen LogP contribution in [-0.4, -0.2) is 15.0 Å². The van der Waals surface area contributed by atoms with Gasteiger partial charge in [0.1, 0.15) is 0 Å². The van der Waals surface area contributed by atoms with Gasteiger partial charge in [0.25, 0.3) is 0 Å². The zero-order chi connectivity index (χ0) is 9.19. The Bertz CT molecular complexity index is 254. The van der Waals surface area contributed by atoms with Gasteiger partial charge in [0, 0.05) is 0 Å². The minimum atomic E-state index is -3.19. The number of halogens is 4. The Morgan fingerprint density at radius 1 is 1.08 bits per heavy atom. The van der Waals surface area contributed by atoms with Crippen molar-refractivity contribution in [2.45, 2.75) is 4.44 Å². The molecule has 1 aromatic rings. The van der Waals surface area contributed by atoms with Gasteiger partial charge in [-0.3, -0.25) is 0 Å². The molecule has 0 amide bonds. The van der Waals surface area contributed by atoms with Gasteiger partial charge in [-0.2, -0.15) is 0 Å². The third kappa shape index (κ3) is 4.56. The van der Waals surface area contributed by atoms with E-state index in [4.69, 9.17) is 26.8 Å². The van der Waals surface area contributed by atoms with E-state index in [1.807, 2.05) is 24.3 Å². The van der Waals surface area contributed by atoms with Crippen molar-refractivity contribution >= 4 is 57.7 Å². The summed E-state index contributed by atoms with van der Waals surface area (Å²) in [6.45, 7) is 0. The predicted octanol–water partition coefficient (Wildman–Crippen LogP) is 4.19. The molecular weight excluding hydrogens is 389 g/mol. The summed E-state index contributed by atoms with van der Waals surface area (Å²) in [5, 5.41) is 0. The molecule has 0 atom stereocenters. The van der Waals surface area contributed by atoms with Crippen LogP contribution in [0.2, 0.25) is 0 Å². The zero-order valence-corrected chi connectivity index (χ0v) is 12.7. The van der Waals surface area contributed by atoms with Crippen molar-refractivity contribution in [2.75, 3.05) is 0 Å². The second-order valence-electron chi connectivity index (χ2n) is 2.42. The van der Waals surface area contributed by atoms with E-state index in [2.05, 4.69) is 15.9 Å². The number of benzene rings is 1. The molecule has 0 fully saturated rings. The fraction of sp³-hybridized carbons (Fsp3) is 0.143. The second-order valence-corrected chi connectivity index (χ2v) is 24.7. The van der Waals surface area contributed by atoms with Crippen LogP contribution in [0.3, 0.4) is 0 Å². The first-order valence-electron chi connectivity index (χ1n) is 3.28. The first kappa shape index (κ1) is 11.4. The fourth-order valence-electron chi connectivity index (χ4n) is 0.834. The summed E-state index contributed by atoms with van der Waals surface area (Å²) in [6.07, 6.45) is 0. The van der Waals surface area contributed by atoms with Crippen LogP contribution in [0, 0.1) is 0 Å². The van der Waals surface area contributed by atoms with Gasteiger partial charge in [-0.25, -0.2) is 0 Å². The van der Waals surface area contributed by atoms with Gasteiger partial charge in [0.15, 0.2) is 0 Å². The molecule has 0 N–H and O–H groups in total. The maximum atomic E-state index is 5.84. The van der Waals surface area contributed by atoms with E-state index in [-0.39, 0.29) is 0 Å². The van der Waals surface area contributed by atoms with Crippen LogP contribution in [0.25, 0.3) is 0 Å².